The summed E-state index contributed by atoms with van der Waals surface area (Å²) in [5.74, 6) is 0.186. The van der Waals surface area contributed by atoms with Crippen molar-refractivity contribution in [3.63, 3.8) is 0 Å². The second kappa shape index (κ2) is 4.65. The molecule has 1 heterocycles. The van der Waals surface area contributed by atoms with E-state index in [2.05, 4.69) is 19.2 Å². The summed E-state index contributed by atoms with van der Waals surface area (Å²) in [5, 5.41) is 2.91. The average molecular weight is 288 g/mol. The van der Waals surface area contributed by atoms with Crippen LogP contribution in [0, 0.1) is 10.8 Å². The van der Waals surface area contributed by atoms with E-state index in [-0.39, 0.29) is 22.6 Å². The molecule has 2 aliphatic rings. The van der Waals surface area contributed by atoms with Crippen LogP contribution in [-0.2, 0) is 9.84 Å². The number of carbonyl (C=O) groups is 1. The Morgan fingerprint density at radius 2 is 1.89 bits per heavy atom. The summed E-state index contributed by atoms with van der Waals surface area (Å²) in [6.07, 6.45) is 4.07. The van der Waals surface area contributed by atoms with Crippen LogP contribution in [0.15, 0.2) is 0 Å². The fraction of sp³-hybridized carbons (Fsp3) is 0.923. The fourth-order valence-corrected chi connectivity index (χ4v) is 4.27. The van der Waals surface area contributed by atoms with Gasteiger partial charge in [0.1, 0.15) is 9.84 Å². The molecule has 6 heteroatoms. The second-order valence-electron chi connectivity index (χ2n) is 7.06. The molecule has 2 amide bonds. The van der Waals surface area contributed by atoms with Crippen LogP contribution in [-0.4, -0.2) is 51.0 Å². The predicted molar refractivity (Wildman–Crippen MR) is 74.7 cm³/mol. The van der Waals surface area contributed by atoms with Gasteiger partial charge in [0, 0.05) is 31.3 Å². The number of hydrogen-bond donors (Lipinski definition) is 1. The third-order valence-electron chi connectivity index (χ3n) is 4.10. The van der Waals surface area contributed by atoms with Crippen LogP contribution in [0.1, 0.15) is 33.1 Å². The molecule has 2 fully saturated rings. The van der Waals surface area contributed by atoms with Gasteiger partial charge in [-0.2, -0.15) is 0 Å². The van der Waals surface area contributed by atoms with Gasteiger partial charge in [-0.1, -0.05) is 13.8 Å². The molecule has 5 nitrogen and oxygen atoms in total. The summed E-state index contributed by atoms with van der Waals surface area (Å²) in [5.41, 5.74) is -0.000148. The van der Waals surface area contributed by atoms with Gasteiger partial charge in [0.15, 0.2) is 0 Å². The van der Waals surface area contributed by atoms with E-state index < -0.39 is 9.84 Å². The van der Waals surface area contributed by atoms with E-state index in [0.717, 1.165) is 32.4 Å². The van der Waals surface area contributed by atoms with E-state index >= 15 is 0 Å². The van der Waals surface area contributed by atoms with Crippen molar-refractivity contribution in [3.05, 3.63) is 0 Å². The molecule has 0 spiro atoms. The van der Waals surface area contributed by atoms with Crippen LogP contribution in [0.3, 0.4) is 0 Å². The summed E-state index contributed by atoms with van der Waals surface area (Å²) < 4.78 is 22.7. The smallest absolute Gasteiger partial charge is 0.317 e. The normalized spacial score (nSPS) is 24.3. The Morgan fingerprint density at radius 3 is 2.32 bits per heavy atom. The minimum absolute atomic E-state index is 0.0506. The molecule has 1 saturated carbocycles. The summed E-state index contributed by atoms with van der Waals surface area (Å²) in [4.78, 5) is 13.9. The molecule has 1 saturated heterocycles. The van der Waals surface area contributed by atoms with Crippen molar-refractivity contribution in [2.45, 2.75) is 33.1 Å². The number of nitrogens with one attached hydrogen (secondary N) is 1. The maximum atomic E-state index is 12.0. The lowest BCUT2D eigenvalue weighted by Crippen LogP contribution is -2.42. The third-order valence-corrected chi connectivity index (χ3v) is 5.24. The van der Waals surface area contributed by atoms with Crippen LogP contribution in [0.4, 0.5) is 4.79 Å². The van der Waals surface area contributed by atoms with Crippen molar-refractivity contribution in [2.24, 2.45) is 10.8 Å². The van der Waals surface area contributed by atoms with Gasteiger partial charge in [-0.25, -0.2) is 13.2 Å². The fourth-order valence-electron chi connectivity index (χ4n) is 2.77. The highest BCUT2D eigenvalue weighted by Gasteiger charge is 2.45. The minimum Gasteiger partial charge on any atom is -0.337 e. The molecule has 0 aromatic heterocycles. The lowest BCUT2D eigenvalue weighted by atomic mass is 9.93. The third kappa shape index (κ3) is 4.09. The van der Waals surface area contributed by atoms with Crippen molar-refractivity contribution in [1.29, 1.82) is 0 Å². The topological polar surface area (TPSA) is 66.5 Å². The Bertz CT molecular complexity index is 466. The number of rotatable bonds is 4. The molecule has 1 aliphatic carbocycles. The predicted octanol–water partition coefficient (Wildman–Crippen LogP) is 1.25. The van der Waals surface area contributed by atoms with Gasteiger partial charge >= 0.3 is 6.03 Å². The average Bonchev–Trinajstić information content (AvgIpc) is 2.88. The minimum atomic E-state index is -2.97. The Morgan fingerprint density at radius 1 is 1.26 bits per heavy atom. The number of likely N-dealkylation sites (tertiary alicyclic amines) is 1. The first-order valence-corrected chi connectivity index (χ1v) is 8.88. The van der Waals surface area contributed by atoms with Gasteiger partial charge in [-0.3, -0.25) is 0 Å². The Hall–Kier alpha value is -0.780. The zero-order valence-electron chi connectivity index (χ0n) is 12.0. The number of urea groups is 1. The number of nitrogens with zero attached hydrogens (tertiary/aromatic N) is 1. The lowest BCUT2D eigenvalue weighted by molar-refractivity contribution is 0.201. The van der Waals surface area contributed by atoms with Gasteiger partial charge in [0.2, 0.25) is 0 Å². The largest absolute Gasteiger partial charge is 0.337 e. The Kier molecular flexibility index (Phi) is 3.58. The van der Waals surface area contributed by atoms with Crippen molar-refractivity contribution in [2.75, 3.05) is 31.6 Å². The molecule has 0 aromatic rings. The summed E-state index contributed by atoms with van der Waals surface area (Å²) in [6.45, 7) is 6.37. The number of carbonyl (C=O) groups excluding carboxylic acids is 1. The SMILES string of the molecule is CC1(C)CCN(C(=O)NCC2(CS(C)(=O)=O)CC2)C1. The van der Waals surface area contributed by atoms with Gasteiger partial charge in [0.25, 0.3) is 0 Å². The van der Waals surface area contributed by atoms with Crippen LogP contribution in [0.5, 0.6) is 0 Å². The summed E-state index contributed by atoms with van der Waals surface area (Å²) >= 11 is 0. The van der Waals surface area contributed by atoms with E-state index in [0.29, 0.717) is 6.54 Å². The molecule has 0 bridgehead atoms. The molecular weight excluding hydrogens is 264 g/mol. The van der Waals surface area contributed by atoms with Gasteiger partial charge in [0.05, 0.1) is 5.75 Å². The van der Waals surface area contributed by atoms with Crippen molar-refractivity contribution in [1.82, 2.24) is 10.2 Å². The van der Waals surface area contributed by atoms with Crippen LogP contribution in [0.2, 0.25) is 0 Å². The van der Waals surface area contributed by atoms with Gasteiger partial charge in [-0.15, -0.1) is 0 Å². The maximum absolute atomic E-state index is 12.0. The number of amides is 2. The first-order chi connectivity index (χ1) is 8.61. The molecule has 19 heavy (non-hydrogen) atoms. The van der Waals surface area contributed by atoms with Crippen molar-refractivity contribution in [3.8, 4) is 0 Å². The van der Waals surface area contributed by atoms with Gasteiger partial charge in [-0.05, 0) is 24.7 Å². The quantitative estimate of drug-likeness (QED) is 0.846. The number of sulfone groups is 1. The monoisotopic (exact) mass is 288 g/mol. The maximum Gasteiger partial charge on any atom is 0.317 e. The Balaban J connectivity index is 1.82. The first kappa shape index (κ1) is 14.6. The van der Waals surface area contributed by atoms with E-state index in [1.54, 1.807) is 0 Å². The molecule has 1 N–H and O–H groups in total. The van der Waals surface area contributed by atoms with Crippen LogP contribution in [0.25, 0.3) is 0 Å². The molecule has 2 rings (SSSR count). The molecule has 1 aliphatic heterocycles. The lowest BCUT2D eigenvalue weighted by Gasteiger charge is -2.22. The summed E-state index contributed by atoms with van der Waals surface area (Å²) in [7, 11) is -2.97. The first-order valence-electron chi connectivity index (χ1n) is 6.82. The highest BCUT2D eigenvalue weighted by atomic mass is 32.2. The molecule has 0 aromatic carbocycles. The highest BCUT2D eigenvalue weighted by molar-refractivity contribution is 7.90. The molecule has 110 valence electrons. The van der Waals surface area contributed by atoms with E-state index in [1.165, 1.54) is 6.26 Å². The second-order valence-corrected chi connectivity index (χ2v) is 9.20. The Labute approximate surface area is 115 Å². The van der Waals surface area contributed by atoms with Crippen molar-refractivity contribution >= 4 is 15.9 Å². The highest BCUT2D eigenvalue weighted by Crippen LogP contribution is 2.46. The van der Waals surface area contributed by atoms with Gasteiger partial charge < -0.3 is 10.2 Å². The van der Waals surface area contributed by atoms with E-state index in [4.69, 9.17) is 0 Å². The standard InChI is InChI=1S/C13H24N2O3S/c1-12(2)6-7-15(9-12)11(16)14-8-13(4-5-13)10-19(3,17)18/h4-10H2,1-3H3,(H,14,16). The zero-order chi connectivity index (χ0) is 14.3. The molecule has 0 atom stereocenters. The van der Waals surface area contributed by atoms with Crippen LogP contribution >= 0.6 is 0 Å². The van der Waals surface area contributed by atoms with Crippen LogP contribution < -0.4 is 5.32 Å². The number of hydrogen-bond acceptors (Lipinski definition) is 3. The van der Waals surface area contributed by atoms with E-state index in [9.17, 15) is 13.2 Å². The molecular formula is C13H24N2O3S. The molecule has 0 radical (unpaired) electrons. The molecule has 0 unspecified atom stereocenters. The van der Waals surface area contributed by atoms with E-state index in [1.807, 2.05) is 4.90 Å². The zero-order valence-corrected chi connectivity index (χ0v) is 12.8. The van der Waals surface area contributed by atoms with Crippen molar-refractivity contribution < 1.29 is 13.2 Å². The summed E-state index contributed by atoms with van der Waals surface area (Å²) in [6, 6.07) is -0.0506.